The van der Waals surface area contributed by atoms with Gasteiger partial charge in [-0.05, 0) is 49.7 Å². The molecule has 2 aromatic rings. The Hall–Kier alpha value is -2.93. The number of amides is 3. The number of urea groups is 1. The highest BCUT2D eigenvalue weighted by Gasteiger charge is 2.12. The fourth-order valence-corrected chi connectivity index (χ4v) is 2.10. The summed E-state index contributed by atoms with van der Waals surface area (Å²) in [5.41, 5.74) is 2.12. The lowest BCUT2D eigenvalue weighted by atomic mass is 10.2. The van der Waals surface area contributed by atoms with E-state index in [-0.39, 0.29) is 11.9 Å². The van der Waals surface area contributed by atoms with Crippen LogP contribution in [0, 0.1) is 0 Å². The minimum atomic E-state index is -0.537. The lowest BCUT2D eigenvalue weighted by Crippen LogP contribution is -2.29. The van der Waals surface area contributed by atoms with Crippen LogP contribution in [0.25, 0.3) is 0 Å². The first-order valence-corrected chi connectivity index (χ1v) is 8.04. The summed E-state index contributed by atoms with van der Waals surface area (Å²) in [4.78, 5) is 27.8. The van der Waals surface area contributed by atoms with E-state index in [9.17, 15) is 9.59 Å². The van der Waals surface area contributed by atoms with Crippen molar-refractivity contribution < 1.29 is 14.3 Å². The van der Waals surface area contributed by atoms with Crippen LogP contribution in [0.1, 0.15) is 19.4 Å². The fourth-order valence-electron chi connectivity index (χ4n) is 2.10. The molecule has 132 valence electrons. The number of hydrogen-bond acceptors (Lipinski definition) is 4. The van der Waals surface area contributed by atoms with E-state index in [0.717, 1.165) is 5.56 Å². The van der Waals surface area contributed by atoms with Crippen LogP contribution in [-0.4, -0.2) is 29.6 Å². The van der Waals surface area contributed by atoms with Gasteiger partial charge in [0.2, 0.25) is 0 Å². The Bertz CT molecular complexity index is 706. The van der Waals surface area contributed by atoms with Crippen molar-refractivity contribution in [1.82, 2.24) is 10.3 Å². The average molecular weight is 342 g/mol. The molecule has 1 heterocycles. The second kappa shape index (κ2) is 9.39. The van der Waals surface area contributed by atoms with E-state index in [1.54, 1.807) is 43.6 Å². The highest BCUT2D eigenvalue weighted by molar-refractivity contribution is 5.95. The van der Waals surface area contributed by atoms with Gasteiger partial charge in [-0.1, -0.05) is 6.07 Å². The molecule has 1 aromatic heterocycles. The predicted molar refractivity (Wildman–Crippen MR) is 96.3 cm³/mol. The Balaban J connectivity index is 1.88. The van der Waals surface area contributed by atoms with E-state index in [4.69, 9.17) is 4.74 Å². The van der Waals surface area contributed by atoms with Gasteiger partial charge < -0.3 is 20.7 Å². The Morgan fingerprint density at radius 2 is 1.80 bits per heavy atom. The lowest BCUT2D eigenvalue weighted by molar-refractivity contribution is -0.126. The first-order chi connectivity index (χ1) is 12.1. The molecule has 3 amide bonds. The third-order valence-corrected chi connectivity index (χ3v) is 3.38. The summed E-state index contributed by atoms with van der Waals surface area (Å²) in [6, 6.07) is 10.3. The molecule has 0 saturated carbocycles. The molecule has 1 aromatic carbocycles. The molecule has 7 heteroatoms. The van der Waals surface area contributed by atoms with Gasteiger partial charge >= 0.3 is 6.03 Å². The summed E-state index contributed by atoms with van der Waals surface area (Å²) in [7, 11) is 0. The van der Waals surface area contributed by atoms with Gasteiger partial charge in [-0.2, -0.15) is 0 Å². The van der Waals surface area contributed by atoms with E-state index in [0.29, 0.717) is 24.5 Å². The number of benzene rings is 1. The first kappa shape index (κ1) is 18.4. The van der Waals surface area contributed by atoms with Gasteiger partial charge in [0.15, 0.2) is 0 Å². The Kier molecular flexibility index (Phi) is 6.91. The highest BCUT2D eigenvalue weighted by Crippen LogP contribution is 2.15. The largest absolute Gasteiger partial charge is 0.369 e. The molecule has 7 nitrogen and oxygen atoms in total. The molecule has 3 N–H and O–H groups in total. The number of hydrogen-bond donors (Lipinski definition) is 3. The number of carbonyl (C=O) groups is 2. The zero-order valence-electron chi connectivity index (χ0n) is 14.3. The number of anilines is 2. The SMILES string of the molecule is CCOC(C)C(=O)Nc1cccc(NC(=O)NCc2ccncc2)c1. The second-order valence-electron chi connectivity index (χ2n) is 5.33. The van der Waals surface area contributed by atoms with Crippen molar-refractivity contribution >= 4 is 23.3 Å². The second-order valence-corrected chi connectivity index (χ2v) is 5.33. The van der Waals surface area contributed by atoms with Gasteiger partial charge in [-0.15, -0.1) is 0 Å². The van der Waals surface area contributed by atoms with Crippen molar-refractivity contribution in [3.63, 3.8) is 0 Å². The molecule has 0 radical (unpaired) electrons. The van der Waals surface area contributed by atoms with Crippen LogP contribution >= 0.6 is 0 Å². The molecule has 0 bridgehead atoms. The Morgan fingerprint density at radius 1 is 1.12 bits per heavy atom. The van der Waals surface area contributed by atoms with Crippen LogP contribution in [0.15, 0.2) is 48.8 Å². The van der Waals surface area contributed by atoms with Crippen LogP contribution in [0.2, 0.25) is 0 Å². The molecule has 0 aliphatic rings. The molecular weight excluding hydrogens is 320 g/mol. The van der Waals surface area contributed by atoms with E-state index < -0.39 is 6.10 Å². The van der Waals surface area contributed by atoms with Crippen molar-refractivity contribution in [3.8, 4) is 0 Å². The number of ether oxygens (including phenoxy) is 1. The van der Waals surface area contributed by atoms with Gasteiger partial charge in [0.1, 0.15) is 6.10 Å². The van der Waals surface area contributed by atoms with Crippen molar-refractivity contribution in [3.05, 3.63) is 54.4 Å². The number of carbonyl (C=O) groups excluding carboxylic acids is 2. The van der Waals surface area contributed by atoms with Crippen molar-refractivity contribution in [2.45, 2.75) is 26.5 Å². The quantitative estimate of drug-likeness (QED) is 0.721. The summed E-state index contributed by atoms with van der Waals surface area (Å²) in [5, 5.41) is 8.24. The smallest absolute Gasteiger partial charge is 0.319 e. The van der Waals surface area contributed by atoms with Gasteiger partial charge in [-0.25, -0.2) is 4.79 Å². The van der Waals surface area contributed by atoms with Gasteiger partial charge in [0.25, 0.3) is 5.91 Å². The molecule has 1 unspecified atom stereocenters. The van der Waals surface area contributed by atoms with Crippen LogP contribution < -0.4 is 16.0 Å². The van der Waals surface area contributed by atoms with Crippen molar-refractivity contribution in [1.29, 1.82) is 0 Å². The Labute approximate surface area is 146 Å². The third-order valence-electron chi connectivity index (χ3n) is 3.38. The zero-order chi connectivity index (χ0) is 18.1. The molecule has 0 spiro atoms. The number of pyridine rings is 1. The van der Waals surface area contributed by atoms with Gasteiger partial charge in [0, 0.05) is 36.9 Å². The molecule has 1 atom stereocenters. The minimum Gasteiger partial charge on any atom is -0.369 e. The summed E-state index contributed by atoms with van der Waals surface area (Å²) in [6.07, 6.45) is 2.81. The number of aromatic nitrogens is 1. The number of nitrogens with zero attached hydrogens (tertiary/aromatic N) is 1. The molecular formula is C18H22N4O3. The summed E-state index contributed by atoms with van der Waals surface area (Å²) in [6.45, 7) is 4.39. The van der Waals surface area contributed by atoms with Crippen LogP contribution in [0.3, 0.4) is 0 Å². The molecule has 0 saturated heterocycles. The number of nitrogens with one attached hydrogen (secondary N) is 3. The van der Waals surface area contributed by atoms with E-state index in [1.165, 1.54) is 0 Å². The molecule has 0 aliphatic heterocycles. The maximum absolute atomic E-state index is 12.0. The molecule has 0 aliphatic carbocycles. The standard InChI is InChI=1S/C18H22N4O3/c1-3-25-13(2)17(23)21-15-5-4-6-16(11-15)22-18(24)20-12-14-7-9-19-10-8-14/h4-11,13H,3,12H2,1-2H3,(H,21,23)(H2,20,22,24). The lowest BCUT2D eigenvalue weighted by Gasteiger charge is -2.13. The van der Waals surface area contributed by atoms with Gasteiger partial charge in [-0.3, -0.25) is 9.78 Å². The molecule has 0 fully saturated rings. The Morgan fingerprint density at radius 3 is 2.48 bits per heavy atom. The average Bonchev–Trinajstić information content (AvgIpc) is 2.61. The van der Waals surface area contributed by atoms with Crippen LogP contribution in [0.4, 0.5) is 16.2 Å². The van der Waals surface area contributed by atoms with E-state index in [2.05, 4.69) is 20.9 Å². The zero-order valence-corrected chi connectivity index (χ0v) is 14.3. The third kappa shape index (κ3) is 6.23. The minimum absolute atomic E-state index is 0.235. The molecule has 25 heavy (non-hydrogen) atoms. The monoisotopic (exact) mass is 342 g/mol. The van der Waals surface area contributed by atoms with Gasteiger partial charge in [0.05, 0.1) is 0 Å². The first-order valence-electron chi connectivity index (χ1n) is 8.04. The van der Waals surface area contributed by atoms with Crippen molar-refractivity contribution in [2.75, 3.05) is 17.2 Å². The highest BCUT2D eigenvalue weighted by atomic mass is 16.5. The van der Waals surface area contributed by atoms with Crippen molar-refractivity contribution in [2.24, 2.45) is 0 Å². The maximum atomic E-state index is 12.0. The fraction of sp³-hybridized carbons (Fsp3) is 0.278. The summed E-state index contributed by atoms with van der Waals surface area (Å²) in [5.74, 6) is -0.235. The summed E-state index contributed by atoms with van der Waals surface area (Å²) < 4.78 is 5.25. The van der Waals surface area contributed by atoms with E-state index in [1.807, 2.05) is 19.1 Å². The summed E-state index contributed by atoms with van der Waals surface area (Å²) >= 11 is 0. The maximum Gasteiger partial charge on any atom is 0.319 e. The normalized spacial score (nSPS) is 11.4. The van der Waals surface area contributed by atoms with E-state index >= 15 is 0 Å². The number of rotatable bonds is 7. The predicted octanol–water partition coefficient (Wildman–Crippen LogP) is 2.77. The molecule has 2 rings (SSSR count). The topological polar surface area (TPSA) is 92.4 Å². The van der Waals surface area contributed by atoms with Crippen LogP contribution in [-0.2, 0) is 16.1 Å². The van der Waals surface area contributed by atoms with Crippen LogP contribution in [0.5, 0.6) is 0 Å².